The van der Waals surface area contributed by atoms with Crippen molar-refractivity contribution in [2.75, 3.05) is 19.8 Å². The molecule has 0 unspecified atom stereocenters. The van der Waals surface area contributed by atoms with Gasteiger partial charge in [0.2, 0.25) is 11.8 Å². The minimum absolute atomic E-state index is 0.123. The van der Waals surface area contributed by atoms with Crippen molar-refractivity contribution in [3.8, 4) is 11.5 Å². The van der Waals surface area contributed by atoms with Gasteiger partial charge in [0.25, 0.3) is 0 Å². The summed E-state index contributed by atoms with van der Waals surface area (Å²) in [7, 11) is 0. The zero-order chi connectivity index (χ0) is 27.6. The lowest BCUT2D eigenvalue weighted by atomic mass is 10.0. The van der Waals surface area contributed by atoms with E-state index in [1.54, 1.807) is 17.0 Å². The fourth-order valence-electron chi connectivity index (χ4n) is 4.53. The minimum Gasteiger partial charge on any atom is -0.486 e. The number of benzene rings is 3. The maximum atomic E-state index is 13.9. The number of hydrogen-bond donors (Lipinski definition) is 1. The van der Waals surface area contributed by atoms with Crippen LogP contribution in [0, 0.1) is 0 Å². The van der Waals surface area contributed by atoms with Crippen molar-refractivity contribution < 1.29 is 19.1 Å². The molecule has 1 aliphatic heterocycles. The van der Waals surface area contributed by atoms with Crippen molar-refractivity contribution in [3.05, 3.63) is 93.5 Å². The van der Waals surface area contributed by atoms with Gasteiger partial charge in [0.1, 0.15) is 19.3 Å². The Morgan fingerprint density at radius 3 is 2.38 bits per heavy atom. The number of halogens is 2. The Hall–Kier alpha value is -3.22. The number of amides is 2. The summed E-state index contributed by atoms with van der Waals surface area (Å²) in [5.41, 5.74) is 2.75. The third-order valence-corrected chi connectivity index (χ3v) is 7.41. The minimum atomic E-state index is -0.688. The fraction of sp³-hybridized carbons (Fsp3) is 0.355. The molecule has 3 aromatic rings. The van der Waals surface area contributed by atoms with Crippen LogP contribution in [0.25, 0.3) is 0 Å². The maximum Gasteiger partial charge on any atom is 0.243 e. The number of aryl methyl sites for hydroxylation is 1. The molecule has 0 aromatic heterocycles. The van der Waals surface area contributed by atoms with E-state index in [9.17, 15) is 9.59 Å². The van der Waals surface area contributed by atoms with Crippen LogP contribution in [0.3, 0.4) is 0 Å². The van der Waals surface area contributed by atoms with Crippen molar-refractivity contribution >= 4 is 35.0 Å². The van der Waals surface area contributed by atoms with Crippen LogP contribution in [0.2, 0.25) is 10.0 Å². The molecule has 0 saturated carbocycles. The largest absolute Gasteiger partial charge is 0.486 e. The summed E-state index contributed by atoms with van der Waals surface area (Å²) in [5, 5.41) is 3.89. The monoisotopic (exact) mass is 568 g/mol. The highest BCUT2D eigenvalue weighted by atomic mass is 35.5. The van der Waals surface area contributed by atoms with Crippen molar-refractivity contribution in [2.45, 2.75) is 51.6 Å². The molecule has 0 spiro atoms. The van der Waals surface area contributed by atoms with Crippen LogP contribution in [0.1, 0.15) is 42.9 Å². The second kappa shape index (κ2) is 14.2. The van der Waals surface area contributed by atoms with E-state index in [4.69, 9.17) is 32.7 Å². The van der Waals surface area contributed by atoms with Gasteiger partial charge in [-0.05, 0) is 53.8 Å². The summed E-state index contributed by atoms with van der Waals surface area (Å²) < 4.78 is 11.3. The summed E-state index contributed by atoms with van der Waals surface area (Å²) in [6.07, 6.45) is 2.97. The highest BCUT2D eigenvalue weighted by molar-refractivity contribution is 6.42. The van der Waals surface area contributed by atoms with Crippen molar-refractivity contribution in [3.63, 3.8) is 0 Å². The van der Waals surface area contributed by atoms with Crippen LogP contribution in [0.15, 0.2) is 66.7 Å². The zero-order valence-corrected chi connectivity index (χ0v) is 23.6. The van der Waals surface area contributed by atoms with E-state index in [1.165, 1.54) is 0 Å². The van der Waals surface area contributed by atoms with Crippen LogP contribution >= 0.6 is 23.2 Å². The molecule has 1 atom stereocenters. The van der Waals surface area contributed by atoms with Crippen molar-refractivity contribution in [1.29, 1.82) is 0 Å². The summed E-state index contributed by atoms with van der Waals surface area (Å²) in [5.74, 6) is 1.11. The number of nitrogens with one attached hydrogen (secondary N) is 1. The second-order valence-electron chi connectivity index (χ2n) is 9.60. The molecule has 1 heterocycles. The van der Waals surface area contributed by atoms with Crippen molar-refractivity contribution in [1.82, 2.24) is 10.2 Å². The molecule has 3 aromatic carbocycles. The molecule has 2 amide bonds. The summed E-state index contributed by atoms with van der Waals surface area (Å²) in [6.45, 7) is 3.90. The third-order valence-electron chi connectivity index (χ3n) is 6.67. The quantitative estimate of drug-likeness (QED) is 0.262. The molecule has 4 rings (SSSR count). The Kier molecular flexibility index (Phi) is 10.5. The summed E-state index contributed by atoms with van der Waals surface area (Å²) >= 11 is 12.4. The van der Waals surface area contributed by atoms with E-state index in [0.29, 0.717) is 54.1 Å². The zero-order valence-electron chi connectivity index (χ0n) is 22.1. The lowest BCUT2D eigenvalue weighted by Crippen LogP contribution is -2.50. The fourth-order valence-corrected chi connectivity index (χ4v) is 4.85. The van der Waals surface area contributed by atoms with Gasteiger partial charge in [-0.25, -0.2) is 0 Å². The number of rotatable bonds is 12. The topological polar surface area (TPSA) is 67.9 Å². The summed E-state index contributed by atoms with van der Waals surface area (Å²) in [6, 6.07) is 20.1. The smallest absolute Gasteiger partial charge is 0.243 e. The number of nitrogens with zero attached hydrogens (tertiary/aromatic N) is 1. The van der Waals surface area contributed by atoms with Crippen LogP contribution in [0.4, 0.5) is 0 Å². The van der Waals surface area contributed by atoms with Crippen LogP contribution in [-0.4, -0.2) is 42.5 Å². The Bertz CT molecular complexity index is 1270. The lowest BCUT2D eigenvalue weighted by Gasteiger charge is -2.32. The van der Waals surface area contributed by atoms with E-state index >= 15 is 0 Å². The first-order chi connectivity index (χ1) is 18.9. The van der Waals surface area contributed by atoms with E-state index in [-0.39, 0.29) is 24.8 Å². The lowest BCUT2D eigenvalue weighted by molar-refractivity contribution is -0.141. The van der Waals surface area contributed by atoms with Gasteiger partial charge < -0.3 is 19.7 Å². The molecule has 0 saturated heterocycles. The SMILES string of the molecule is CCCCNC(=O)[C@H](Cc1ccccc1)N(Cc1ccc(Cl)c(Cl)c1)C(=O)CCc1ccc2c(c1)OCCO2. The molecule has 0 radical (unpaired) electrons. The normalized spacial score (nSPS) is 13.0. The molecule has 1 N–H and O–H groups in total. The molecule has 0 bridgehead atoms. The predicted octanol–water partition coefficient (Wildman–Crippen LogP) is 6.25. The van der Waals surface area contributed by atoms with E-state index < -0.39 is 6.04 Å². The molecule has 8 heteroatoms. The molecule has 1 aliphatic rings. The summed E-state index contributed by atoms with van der Waals surface area (Å²) in [4.78, 5) is 29.1. The van der Waals surface area contributed by atoms with E-state index in [2.05, 4.69) is 12.2 Å². The number of fused-ring (bicyclic) bond motifs is 1. The van der Waals surface area contributed by atoms with Gasteiger partial charge in [-0.3, -0.25) is 9.59 Å². The number of hydrogen-bond acceptors (Lipinski definition) is 4. The van der Waals surface area contributed by atoms with Crippen LogP contribution in [0.5, 0.6) is 11.5 Å². The second-order valence-corrected chi connectivity index (χ2v) is 10.4. The molecule has 6 nitrogen and oxygen atoms in total. The Labute approximate surface area is 240 Å². The average Bonchev–Trinajstić information content (AvgIpc) is 2.96. The first kappa shape index (κ1) is 28.8. The Morgan fingerprint density at radius 2 is 1.64 bits per heavy atom. The average molecular weight is 570 g/mol. The molecular formula is C31H34Cl2N2O4. The Balaban J connectivity index is 1.59. The Morgan fingerprint density at radius 1 is 0.897 bits per heavy atom. The number of unbranched alkanes of at least 4 members (excludes halogenated alkanes) is 1. The van der Waals surface area contributed by atoms with Gasteiger partial charge in [0.15, 0.2) is 11.5 Å². The highest BCUT2D eigenvalue weighted by Crippen LogP contribution is 2.31. The number of carbonyl (C=O) groups is 2. The van der Waals surface area contributed by atoms with Crippen molar-refractivity contribution in [2.24, 2.45) is 0 Å². The molecular weight excluding hydrogens is 535 g/mol. The molecule has 206 valence electrons. The first-order valence-electron chi connectivity index (χ1n) is 13.4. The standard InChI is InChI=1S/C31H34Cl2N2O4/c1-2-3-15-34-31(37)27(19-22-7-5-4-6-8-22)35(21-24-9-12-25(32)26(33)18-24)30(36)14-11-23-10-13-28-29(20-23)39-17-16-38-28/h4-10,12-13,18,20,27H,2-3,11,14-17,19,21H2,1H3,(H,34,37)/t27-/m0/s1. The van der Waals surface area contributed by atoms with E-state index in [1.807, 2.05) is 54.6 Å². The number of ether oxygens (including phenoxy) is 2. The van der Waals surface area contributed by atoms with Gasteiger partial charge in [-0.15, -0.1) is 0 Å². The van der Waals surface area contributed by atoms with Crippen LogP contribution < -0.4 is 14.8 Å². The highest BCUT2D eigenvalue weighted by Gasteiger charge is 2.30. The van der Waals surface area contributed by atoms with E-state index in [0.717, 1.165) is 29.5 Å². The predicted molar refractivity (Wildman–Crippen MR) is 155 cm³/mol. The molecule has 0 aliphatic carbocycles. The van der Waals surface area contributed by atoms with Gasteiger partial charge >= 0.3 is 0 Å². The number of carbonyl (C=O) groups excluding carboxylic acids is 2. The molecule has 0 fully saturated rings. The van der Waals surface area contributed by atoms with Gasteiger partial charge in [-0.1, -0.05) is 79.0 Å². The molecule has 39 heavy (non-hydrogen) atoms. The van der Waals surface area contributed by atoms with Gasteiger partial charge in [0.05, 0.1) is 10.0 Å². The first-order valence-corrected chi connectivity index (χ1v) is 14.1. The maximum absolute atomic E-state index is 13.9. The van der Waals surface area contributed by atoms with Gasteiger partial charge in [-0.2, -0.15) is 0 Å². The van der Waals surface area contributed by atoms with Gasteiger partial charge in [0, 0.05) is 25.9 Å². The van der Waals surface area contributed by atoms with Crippen LogP contribution in [-0.2, 0) is 29.0 Å². The third kappa shape index (κ3) is 8.13.